The molecule has 4 heteroatoms. The van der Waals surface area contributed by atoms with Crippen molar-refractivity contribution in [3.8, 4) is 5.75 Å². The molecule has 0 saturated carbocycles. The van der Waals surface area contributed by atoms with Crippen LogP contribution in [0.2, 0.25) is 0 Å². The minimum Gasteiger partial charge on any atom is -0.491 e. The summed E-state index contributed by atoms with van der Waals surface area (Å²) in [5, 5.41) is 0. The Balaban J connectivity index is 2.00. The fraction of sp³-hybridized carbons (Fsp3) is 0.600. The summed E-state index contributed by atoms with van der Waals surface area (Å²) in [4.78, 5) is 0. The Morgan fingerprint density at radius 2 is 2.26 bits per heavy atom. The molecule has 0 aliphatic carbocycles. The van der Waals surface area contributed by atoms with Gasteiger partial charge in [-0.15, -0.1) is 0 Å². The highest BCUT2D eigenvalue weighted by molar-refractivity contribution is 5.36. The van der Waals surface area contributed by atoms with E-state index in [2.05, 4.69) is 13.8 Å². The van der Waals surface area contributed by atoms with Gasteiger partial charge in [0.2, 0.25) is 0 Å². The van der Waals surface area contributed by atoms with Gasteiger partial charge in [-0.3, -0.25) is 0 Å². The number of benzene rings is 1. The zero-order valence-corrected chi connectivity index (χ0v) is 11.8. The zero-order chi connectivity index (χ0) is 14.0. The van der Waals surface area contributed by atoms with E-state index < -0.39 is 0 Å². The van der Waals surface area contributed by atoms with E-state index in [0.29, 0.717) is 17.9 Å². The van der Waals surface area contributed by atoms with Gasteiger partial charge in [0.05, 0.1) is 11.7 Å². The maximum atomic E-state index is 13.2. The minimum absolute atomic E-state index is 0.0686. The van der Waals surface area contributed by atoms with Crippen molar-refractivity contribution in [1.82, 2.24) is 0 Å². The molecular formula is C15H22FNO2. The van der Waals surface area contributed by atoms with E-state index in [0.717, 1.165) is 12.8 Å². The molecule has 0 radical (unpaired) electrons. The van der Waals surface area contributed by atoms with Crippen LogP contribution in [0.25, 0.3) is 0 Å². The predicted octanol–water partition coefficient (Wildman–Crippen LogP) is 3.18. The van der Waals surface area contributed by atoms with Gasteiger partial charge in [0.15, 0.2) is 0 Å². The third kappa shape index (κ3) is 3.67. The topological polar surface area (TPSA) is 44.5 Å². The molecule has 0 spiro atoms. The van der Waals surface area contributed by atoms with Gasteiger partial charge in [-0.1, -0.05) is 0 Å². The molecule has 19 heavy (non-hydrogen) atoms. The molecule has 0 amide bonds. The molecule has 2 atom stereocenters. The summed E-state index contributed by atoms with van der Waals surface area (Å²) < 4.78 is 24.8. The van der Waals surface area contributed by atoms with E-state index in [1.165, 1.54) is 12.1 Å². The number of hydrogen-bond donors (Lipinski definition) is 1. The number of ether oxygens (including phenoxy) is 2. The van der Waals surface area contributed by atoms with Crippen LogP contribution >= 0.6 is 0 Å². The lowest BCUT2D eigenvalue weighted by Crippen LogP contribution is -2.24. The second-order valence-corrected chi connectivity index (χ2v) is 5.82. The normalized spacial score (nSPS) is 23.3. The molecule has 1 aromatic carbocycles. The fourth-order valence-corrected chi connectivity index (χ4v) is 2.38. The monoisotopic (exact) mass is 267 g/mol. The lowest BCUT2D eigenvalue weighted by Gasteiger charge is -2.20. The Bertz CT molecular complexity index is 446. The van der Waals surface area contributed by atoms with Gasteiger partial charge in [0.1, 0.15) is 18.2 Å². The molecule has 1 aliphatic heterocycles. The average molecular weight is 267 g/mol. The standard InChI is InChI=1S/C15H22FNO2/c1-10(17)13-8-11(16)4-5-14(13)18-9-12-6-7-15(2,3)19-12/h4-5,8,10,12H,6-7,9,17H2,1-3H3/t10-,12?/m1/s1. The Kier molecular flexibility index (Phi) is 4.11. The van der Waals surface area contributed by atoms with Crippen LogP contribution in [-0.2, 0) is 4.74 Å². The van der Waals surface area contributed by atoms with Crippen molar-refractivity contribution in [1.29, 1.82) is 0 Å². The SMILES string of the molecule is C[C@@H](N)c1cc(F)ccc1OCC1CCC(C)(C)O1. The smallest absolute Gasteiger partial charge is 0.124 e. The van der Waals surface area contributed by atoms with Gasteiger partial charge < -0.3 is 15.2 Å². The van der Waals surface area contributed by atoms with Crippen molar-refractivity contribution in [3.63, 3.8) is 0 Å². The summed E-state index contributed by atoms with van der Waals surface area (Å²) in [6, 6.07) is 4.19. The average Bonchev–Trinajstić information content (AvgIpc) is 2.67. The number of nitrogens with two attached hydrogens (primary N) is 1. The summed E-state index contributed by atoms with van der Waals surface area (Å²) in [5.41, 5.74) is 6.46. The van der Waals surface area contributed by atoms with Crippen LogP contribution < -0.4 is 10.5 Å². The minimum atomic E-state index is -0.294. The molecule has 1 unspecified atom stereocenters. The van der Waals surface area contributed by atoms with Crippen LogP contribution in [0.5, 0.6) is 5.75 Å². The molecule has 1 saturated heterocycles. The zero-order valence-electron chi connectivity index (χ0n) is 11.8. The van der Waals surface area contributed by atoms with E-state index in [1.807, 2.05) is 6.92 Å². The van der Waals surface area contributed by atoms with Crippen LogP contribution in [0.4, 0.5) is 4.39 Å². The maximum Gasteiger partial charge on any atom is 0.124 e. The molecule has 1 aliphatic rings. The molecule has 3 nitrogen and oxygen atoms in total. The molecule has 2 rings (SSSR count). The quantitative estimate of drug-likeness (QED) is 0.911. The number of halogens is 1. The highest BCUT2D eigenvalue weighted by Crippen LogP contribution is 2.31. The molecule has 2 N–H and O–H groups in total. The van der Waals surface area contributed by atoms with Crippen LogP contribution in [0.1, 0.15) is 45.2 Å². The second-order valence-electron chi connectivity index (χ2n) is 5.82. The van der Waals surface area contributed by atoms with Crippen molar-refractivity contribution in [3.05, 3.63) is 29.6 Å². The van der Waals surface area contributed by atoms with E-state index in [1.54, 1.807) is 6.07 Å². The van der Waals surface area contributed by atoms with Gasteiger partial charge in [0.25, 0.3) is 0 Å². The fourth-order valence-electron chi connectivity index (χ4n) is 2.38. The molecular weight excluding hydrogens is 245 g/mol. The lowest BCUT2D eigenvalue weighted by molar-refractivity contribution is -0.0328. The third-order valence-corrected chi connectivity index (χ3v) is 3.44. The first-order chi connectivity index (χ1) is 8.87. The van der Waals surface area contributed by atoms with Crippen molar-refractivity contribution in [2.45, 2.75) is 51.4 Å². The van der Waals surface area contributed by atoms with Crippen LogP contribution in [0, 0.1) is 5.82 Å². The molecule has 1 heterocycles. The molecule has 1 aromatic rings. The van der Waals surface area contributed by atoms with E-state index in [4.69, 9.17) is 15.2 Å². The highest BCUT2D eigenvalue weighted by Gasteiger charge is 2.32. The van der Waals surface area contributed by atoms with E-state index in [9.17, 15) is 4.39 Å². The van der Waals surface area contributed by atoms with Crippen LogP contribution in [-0.4, -0.2) is 18.3 Å². The first kappa shape index (κ1) is 14.3. The maximum absolute atomic E-state index is 13.2. The Morgan fingerprint density at radius 1 is 1.53 bits per heavy atom. The first-order valence-electron chi connectivity index (χ1n) is 6.73. The summed E-state index contributed by atoms with van der Waals surface area (Å²) in [6.07, 6.45) is 2.12. The van der Waals surface area contributed by atoms with Crippen molar-refractivity contribution in [2.75, 3.05) is 6.61 Å². The van der Waals surface area contributed by atoms with Gasteiger partial charge in [-0.2, -0.15) is 0 Å². The Labute approximate surface area is 113 Å². The molecule has 0 bridgehead atoms. The summed E-state index contributed by atoms with van der Waals surface area (Å²) in [7, 11) is 0. The van der Waals surface area contributed by atoms with Gasteiger partial charge in [-0.25, -0.2) is 4.39 Å². The van der Waals surface area contributed by atoms with Crippen LogP contribution in [0.15, 0.2) is 18.2 Å². The summed E-state index contributed by atoms with van der Waals surface area (Å²) in [5.74, 6) is 0.350. The number of rotatable bonds is 4. The van der Waals surface area contributed by atoms with E-state index in [-0.39, 0.29) is 23.6 Å². The molecule has 0 aromatic heterocycles. The lowest BCUT2D eigenvalue weighted by atomic mass is 10.1. The predicted molar refractivity (Wildman–Crippen MR) is 72.7 cm³/mol. The number of hydrogen-bond acceptors (Lipinski definition) is 3. The molecule has 106 valence electrons. The van der Waals surface area contributed by atoms with Crippen LogP contribution in [0.3, 0.4) is 0 Å². The Morgan fingerprint density at radius 3 is 2.84 bits per heavy atom. The van der Waals surface area contributed by atoms with Crippen molar-refractivity contribution >= 4 is 0 Å². The van der Waals surface area contributed by atoms with Crippen molar-refractivity contribution in [2.24, 2.45) is 5.73 Å². The van der Waals surface area contributed by atoms with Gasteiger partial charge in [0, 0.05) is 11.6 Å². The van der Waals surface area contributed by atoms with E-state index >= 15 is 0 Å². The van der Waals surface area contributed by atoms with Gasteiger partial charge in [-0.05, 0) is 51.8 Å². The third-order valence-electron chi connectivity index (χ3n) is 3.44. The first-order valence-corrected chi connectivity index (χ1v) is 6.73. The summed E-state index contributed by atoms with van der Waals surface area (Å²) in [6.45, 7) is 6.46. The van der Waals surface area contributed by atoms with Gasteiger partial charge >= 0.3 is 0 Å². The summed E-state index contributed by atoms with van der Waals surface area (Å²) >= 11 is 0. The highest BCUT2D eigenvalue weighted by atomic mass is 19.1. The second kappa shape index (κ2) is 5.47. The largest absolute Gasteiger partial charge is 0.491 e. The Hall–Kier alpha value is -1.13. The molecule has 1 fully saturated rings. The van der Waals surface area contributed by atoms with Crippen molar-refractivity contribution < 1.29 is 13.9 Å².